The number of rotatable bonds is 2. The molecule has 1 aromatic carbocycles. The summed E-state index contributed by atoms with van der Waals surface area (Å²) in [5.74, 6) is 0.175. The van der Waals surface area contributed by atoms with Crippen LogP contribution in [0.3, 0.4) is 0 Å². The van der Waals surface area contributed by atoms with Crippen LogP contribution < -0.4 is 0 Å². The fourth-order valence-electron chi connectivity index (χ4n) is 3.67. The van der Waals surface area contributed by atoms with Crippen molar-refractivity contribution in [3.63, 3.8) is 0 Å². The van der Waals surface area contributed by atoms with Crippen molar-refractivity contribution >= 4 is 5.91 Å². The van der Waals surface area contributed by atoms with E-state index in [4.69, 9.17) is 4.74 Å². The highest BCUT2D eigenvalue weighted by atomic mass is 16.5. The average Bonchev–Trinajstić information content (AvgIpc) is 3.06. The smallest absolute Gasteiger partial charge is 0.227 e. The molecule has 2 aliphatic rings. The van der Waals surface area contributed by atoms with Gasteiger partial charge in [0.15, 0.2) is 0 Å². The molecule has 0 radical (unpaired) electrons. The number of aromatic nitrogens is 3. The van der Waals surface area contributed by atoms with Crippen LogP contribution in [-0.4, -0.2) is 45.0 Å². The molecule has 0 saturated carbocycles. The van der Waals surface area contributed by atoms with Crippen molar-refractivity contribution in [1.82, 2.24) is 19.9 Å². The summed E-state index contributed by atoms with van der Waals surface area (Å²) in [6.45, 7) is 6.07. The summed E-state index contributed by atoms with van der Waals surface area (Å²) in [5.41, 5.74) is 4.46. The minimum atomic E-state index is 0.0764. The van der Waals surface area contributed by atoms with Gasteiger partial charge in [-0.25, -0.2) is 4.68 Å². The molecule has 1 saturated heterocycles. The lowest BCUT2D eigenvalue weighted by atomic mass is 9.98. The standard InChI is InChI=1S/C18H22N4O2/c1-12-3-4-13(2)14(7-12)8-18(23)21-6-5-17-16(10-21)22-15(11-24-17)9-19-20-22/h3-4,7,9,16-17H,5-6,8,10-11H2,1-2H3/t16-,17-/m1/s1. The monoisotopic (exact) mass is 326 g/mol. The van der Waals surface area contributed by atoms with Crippen LogP contribution in [0.15, 0.2) is 24.4 Å². The first kappa shape index (κ1) is 15.3. The van der Waals surface area contributed by atoms with Gasteiger partial charge in [-0.3, -0.25) is 4.79 Å². The van der Waals surface area contributed by atoms with Gasteiger partial charge in [-0.15, -0.1) is 5.10 Å². The van der Waals surface area contributed by atoms with Crippen LogP contribution >= 0.6 is 0 Å². The van der Waals surface area contributed by atoms with Crippen LogP contribution in [0, 0.1) is 13.8 Å². The van der Waals surface area contributed by atoms with E-state index in [2.05, 4.69) is 42.4 Å². The van der Waals surface area contributed by atoms with E-state index < -0.39 is 0 Å². The average molecular weight is 326 g/mol. The molecule has 0 spiro atoms. The zero-order valence-electron chi connectivity index (χ0n) is 14.1. The maximum atomic E-state index is 12.8. The third-order valence-electron chi connectivity index (χ3n) is 5.13. The van der Waals surface area contributed by atoms with Crippen LogP contribution in [0.4, 0.5) is 0 Å². The van der Waals surface area contributed by atoms with Gasteiger partial charge in [-0.05, 0) is 31.4 Å². The molecule has 0 N–H and O–H groups in total. The van der Waals surface area contributed by atoms with E-state index in [1.54, 1.807) is 6.20 Å². The molecular weight excluding hydrogens is 304 g/mol. The molecule has 1 fully saturated rings. The molecule has 0 aliphatic carbocycles. The molecule has 1 amide bonds. The van der Waals surface area contributed by atoms with Crippen LogP contribution in [0.5, 0.6) is 0 Å². The molecule has 24 heavy (non-hydrogen) atoms. The molecule has 3 heterocycles. The topological polar surface area (TPSA) is 60.3 Å². The van der Waals surface area contributed by atoms with Crippen LogP contribution in [0.25, 0.3) is 0 Å². The number of aryl methyl sites for hydroxylation is 2. The van der Waals surface area contributed by atoms with Crippen LogP contribution in [0.1, 0.15) is 34.8 Å². The molecule has 4 rings (SSSR count). The SMILES string of the molecule is Cc1ccc(C)c(CC(=O)N2CC[C@H]3OCc4cnnn4[C@@H]3C2)c1. The second kappa shape index (κ2) is 6.02. The molecule has 6 heteroatoms. The Morgan fingerprint density at radius 1 is 1.38 bits per heavy atom. The first-order valence-electron chi connectivity index (χ1n) is 8.46. The lowest BCUT2D eigenvalue weighted by molar-refractivity contribution is -0.137. The maximum absolute atomic E-state index is 12.8. The predicted octanol–water partition coefficient (Wildman–Crippen LogP) is 1.81. The van der Waals surface area contributed by atoms with Crippen molar-refractivity contribution in [2.75, 3.05) is 13.1 Å². The molecule has 2 aliphatic heterocycles. The van der Waals surface area contributed by atoms with Crippen molar-refractivity contribution < 1.29 is 9.53 Å². The number of nitrogens with zero attached hydrogens (tertiary/aromatic N) is 4. The van der Waals surface area contributed by atoms with Crippen molar-refractivity contribution in [1.29, 1.82) is 0 Å². The Labute approximate surface area is 141 Å². The number of piperidine rings is 1. The first-order chi connectivity index (χ1) is 11.6. The highest BCUT2D eigenvalue weighted by molar-refractivity contribution is 5.79. The van der Waals surface area contributed by atoms with E-state index in [0.29, 0.717) is 19.6 Å². The van der Waals surface area contributed by atoms with E-state index in [9.17, 15) is 4.79 Å². The van der Waals surface area contributed by atoms with Gasteiger partial charge < -0.3 is 9.64 Å². The minimum absolute atomic E-state index is 0.0764. The number of benzene rings is 1. The number of likely N-dealkylation sites (tertiary alicyclic amines) is 1. The quantitative estimate of drug-likeness (QED) is 0.844. The molecule has 0 bridgehead atoms. The molecule has 126 valence electrons. The summed E-state index contributed by atoms with van der Waals surface area (Å²) in [5, 5.41) is 8.18. The summed E-state index contributed by atoms with van der Waals surface area (Å²) in [4.78, 5) is 14.7. The Balaban J connectivity index is 1.50. The number of fused-ring (bicyclic) bond motifs is 3. The van der Waals surface area contributed by atoms with Gasteiger partial charge in [0.2, 0.25) is 5.91 Å². The zero-order valence-corrected chi connectivity index (χ0v) is 14.1. The second-order valence-corrected chi connectivity index (χ2v) is 6.82. The van der Waals surface area contributed by atoms with Gasteiger partial charge >= 0.3 is 0 Å². The fourth-order valence-corrected chi connectivity index (χ4v) is 3.67. The largest absolute Gasteiger partial charge is 0.370 e. The first-order valence-corrected chi connectivity index (χ1v) is 8.46. The summed E-state index contributed by atoms with van der Waals surface area (Å²) < 4.78 is 7.85. The van der Waals surface area contributed by atoms with Gasteiger partial charge in [0.1, 0.15) is 0 Å². The van der Waals surface area contributed by atoms with Crippen LogP contribution in [-0.2, 0) is 22.6 Å². The Hall–Kier alpha value is -2.21. The highest BCUT2D eigenvalue weighted by Crippen LogP contribution is 2.30. The number of carbonyl (C=O) groups excluding carboxylic acids is 1. The lowest BCUT2D eigenvalue weighted by Crippen LogP contribution is -2.50. The minimum Gasteiger partial charge on any atom is -0.370 e. The van der Waals surface area contributed by atoms with Crippen LogP contribution in [0.2, 0.25) is 0 Å². The van der Waals surface area contributed by atoms with Gasteiger partial charge in [0, 0.05) is 13.1 Å². The predicted molar refractivity (Wildman–Crippen MR) is 88.5 cm³/mol. The zero-order chi connectivity index (χ0) is 16.7. The second-order valence-electron chi connectivity index (χ2n) is 6.82. The molecule has 0 unspecified atom stereocenters. The Morgan fingerprint density at radius 2 is 2.25 bits per heavy atom. The number of hydrogen-bond donors (Lipinski definition) is 0. The van der Waals surface area contributed by atoms with E-state index in [1.165, 1.54) is 11.1 Å². The third-order valence-corrected chi connectivity index (χ3v) is 5.13. The number of carbonyl (C=O) groups is 1. The van der Waals surface area contributed by atoms with Gasteiger partial charge in [-0.2, -0.15) is 0 Å². The van der Waals surface area contributed by atoms with Crippen molar-refractivity contribution in [2.45, 2.75) is 45.4 Å². The summed E-state index contributed by atoms with van der Waals surface area (Å²) >= 11 is 0. The maximum Gasteiger partial charge on any atom is 0.227 e. The van der Waals surface area contributed by atoms with Crippen molar-refractivity contribution in [3.8, 4) is 0 Å². The third kappa shape index (κ3) is 2.71. The summed E-state index contributed by atoms with van der Waals surface area (Å²) in [6.07, 6.45) is 3.18. The Kier molecular flexibility index (Phi) is 3.84. The summed E-state index contributed by atoms with van der Waals surface area (Å²) in [7, 11) is 0. The summed E-state index contributed by atoms with van der Waals surface area (Å²) in [6, 6.07) is 6.35. The molecule has 2 atom stereocenters. The fraction of sp³-hybridized carbons (Fsp3) is 0.500. The number of amides is 1. The van der Waals surface area contributed by atoms with Gasteiger partial charge in [0.25, 0.3) is 0 Å². The Bertz CT molecular complexity index is 770. The lowest BCUT2D eigenvalue weighted by Gasteiger charge is -2.41. The van der Waals surface area contributed by atoms with E-state index in [1.807, 2.05) is 9.58 Å². The van der Waals surface area contributed by atoms with E-state index >= 15 is 0 Å². The molecule has 6 nitrogen and oxygen atoms in total. The van der Waals surface area contributed by atoms with Gasteiger partial charge in [0.05, 0.1) is 37.1 Å². The molecule has 1 aromatic heterocycles. The van der Waals surface area contributed by atoms with E-state index in [0.717, 1.165) is 24.2 Å². The highest BCUT2D eigenvalue weighted by Gasteiger charge is 2.37. The Morgan fingerprint density at radius 3 is 3.12 bits per heavy atom. The molecule has 2 aromatic rings. The molecular formula is C18H22N4O2. The number of hydrogen-bond acceptors (Lipinski definition) is 4. The van der Waals surface area contributed by atoms with E-state index in [-0.39, 0.29) is 18.1 Å². The number of ether oxygens (including phenoxy) is 1. The van der Waals surface area contributed by atoms with Crippen molar-refractivity contribution in [2.24, 2.45) is 0 Å². The van der Waals surface area contributed by atoms with Crippen molar-refractivity contribution in [3.05, 3.63) is 46.8 Å². The van der Waals surface area contributed by atoms with Gasteiger partial charge in [-0.1, -0.05) is 29.0 Å². The normalized spacial score (nSPS) is 22.8.